The van der Waals surface area contributed by atoms with E-state index < -0.39 is 0 Å². The van der Waals surface area contributed by atoms with Gasteiger partial charge in [0, 0.05) is 18.7 Å². The fourth-order valence-electron chi connectivity index (χ4n) is 3.62. The van der Waals surface area contributed by atoms with Crippen LogP contribution in [0.1, 0.15) is 31.3 Å². The van der Waals surface area contributed by atoms with Crippen LogP contribution in [0.25, 0.3) is 11.4 Å². The number of hydrogen-bond donors (Lipinski definition) is 0. The Morgan fingerprint density at radius 1 is 0.923 bits per heavy atom. The van der Waals surface area contributed by atoms with E-state index in [4.69, 9.17) is 14.2 Å². The van der Waals surface area contributed by atoms with E-state index in [-0.39, 0.29) is 18.2 Å². The maximum absolute atomic E-state index is 5.90. The van der Waals surface area contributed by atoms with Crippen molar-refractivity contribution in [2.45, 2.75) is 32.1 Å². The van der Waals surface area contributed by atoms with E-state index in [9.17, 15) is 0 Å². The summed E-state index contributed by atoms with van der Waals surface area (Å²) in [6.07, 6.45) is 0.336. The standard InChI is InChI=1S/C21H23N3O2/c1-15-13-24(14-16(2)25-15)19(17-9-5-3-6-10-17)21-22-20(23-26-21)18-11-7-4-8-12-18/h3-12,15-16,19H,13-14H2,1-2H3/t15-,16+,19-/m0/s1. The van der Waals surface area contributed by atoms with Crippen molar-refractivity contribution in [3.8, 4) is 11.4 Å². The molecule has 0 bridgehead atoms. The fourth-order valence-corrected chi connectivity index (χ4v) is 3.62. The summed E-state index contributed by atoms with van der Waals surface area (Å²) in [5, 5.41) is 4.22. The first-order valence-electron chi connectivity index (χ1n) is 9.04. The second-order valence-corrected chi connectivity index (χ2v) is 6.85. The summed E-state index contributed by atoms with van der Waals surface area (Å²) in [7, 11) is 0. The zero-order chi connectivity index (χ0) is 17.9. The highest BCUT2D eigenvalue weighted by molar-refractivity contribution is 5.53. The van der Waals surface area contributed by atoms with E-state index >= 15 is 0 Å². The molecule has 1 fully saturated rings. The Morgan fingerprint density at radius 3 is 2.19 bits per heavy atom. The zero-order valence-corrected chi connectivity index (χ0v) is 15.1. The molecular weight excluding hydrogens is 326 g/mol. The monoisotopic (exact) mass is 349 g/mol. The molecule has 2 aromatic carbocycles. The van der Waals surface area contributed by atoms with Gasteiger partial charge in [-0.3, -0.25) is 4.90 Å². The van der Waals surface area contributed by atoms with Gasteiger partial charge in [-0.15, -0.1) is 0 Å². The predicted octanol–water partition coefficient (Wildman–Crippen LogP) is 3.94. The van der Waals surface area contributed by atoms with Crippen molar-refractivity contribution in [2.75, 3.05) is 13.1 Å². The van der Waals surface area contributed by atoms with Crippen LogP contribution >= 0.6 is 0 Å². The molecule has 0 spiro atoms. The van der Waals surface area contributed by atoms with Gasteiger partial charge in [0.15, 0.2) is 0 Å². The second-order valence-electron chi connectivity index (χ2n) is 6.85. The van der Waals surface area contributed by atoms with Gasteiger partial charge in [0.2, 0.25) is 11.7 Å². The average molecular weight is 349 g/mol. The minimum atomic E-state index is -0.0741. The number of morpholine rings is 1. The number of nitrogens with zero attached hydrogens (tertiary/aromatic N) is 3. The molecule has 4 rings (SSSR count). The van der Waals surface area contributed by atoms with Gasteiger partial charge >= 0.3 is 0 Å². The Labute approximate surface area is 153 Å². The van der Waals surface area contributed by atoms with Gasteiger partial charge in [-0.2, -0.15) is 4.98 Å². The van der Waals surface area contributed by atoms with Crippen molar-refractivity contribution in [1.29, 1.82) is 0 Å². The summed E-state index contributed by atoms with van der Waals surface area (Å²) in [5.74, 6) is 1.24. The lowest BCUT2D eigenvalue weighted by molar-refractivity contribution is -0.0791. The molecule has 5 nitrogen and oxygen atoms in total. The van der Waals surface area contributed by atoms with E-state index in [0.29, 0.717) is 11.7 Å². The maximum atomic E-state index is 5.90. The molecule has 1 aliphatic heterocycles. The van der Waals surface area contributed by atoms with Gasteiger partial charge in [0.05, 0.1) is 12.2 Å². The van der Waals surface area contributed by atoms with E-state index in [2.05, 4.69) is 36.0 Å². The fraction of sp³-hybridized carbons (Fsp3) is 0.333. The normalized spacial score (nSPS) is 22.2. The van der Waals surface area contributed by atoms with Crippen LogP contribution in [0.2, 0.25) is 0 Å². The van der Waals surface area contributed by atoms with Crippen molar-refractivity contribution >= 4 is 0 Å². The van der Waals surface area contributed by atoms with Crippen LogP contribution in [-0.4, -0.2) is 40.3 Å². The summed E-state index contributed by atoms with van der Waals surface area (Å²) < 4.78 is 11.6. The van der Waals surface area contributed by atoms with Gasteiger partial charge in [-0.25, -0.2) is 0 Å². The molecular formula is C21H23N3O2. The minimum Gasteiger partial charge on any atom is -0.373 e. The molecule has 2 heterocycles. The Balaban J connectivity index is 1.71. The summed E-state index contributed by atoms with van der Waals surface area (Å²) in [6, 6.07) is 20.2. The molecule has 0 amide bonds. The van der Waals surface area contributed by atoms with Gasteiger partial charge in [0.25, 0.3) is 0 Å². The molecule has 3 atom stereocenters. The zero-order valence-electron chi connectivity index (χ0n) is 15.1. The highest BCUT2D eigenvalue weighted by atomic mass is 16.5. The van der Waals surface area contributed by atoms with E-state index in [0.717, 1.165) is 24.2 Å². The highest BCUT2D eigenvalue weighted by Crippen LogP contribution is 2.31. The van der Waals surface area contributed by atoms with Gasteiger partial charge in [0.1, 0.15) is 6.04 Å². The summed E-state index contributed by atoms with van der Waals surface area (Å²) in [6.45, 7) is 5.86. The molecule has 1 saturated heterocycles. The smallest absolute Gasteiger partial charge is 0.248 e. The quantitative estimate of drug-likeness (QED) is 0.714. The van der Waals surface area contributed by atoms with Crippen molar-refractivity contribution in [2.24, 2.45) is 0 Å². The second kappa shape index (κ2) is 7.40. The van der Waals surface area contributed by atoms with Crippen LogP contribution in [0.4, 0.5) is 0 Å². The van der Waals surface area contributed by atoms with E-state index in [1.165, 1.54) is 0 Å². The summed E-state index contributed by atoms with van der Waals surface area (Å²) in [4.78, 5) is 7.09. The Bertz CT molecular complexity index is 825. The van der Waals surface area contributed by atoms with Crippen LogP contribution < -0.4 is 0 Å². The molecule has 1 aromatic heterocycles. The van der Waals surface area contributed by atoms with Crippen LogP contribution in [0.5, 0.6) is 0 Å². The lowest BCUT2D eigenvalue weighted by Crippen LogP contribution is -2.47. The maximum Gasteiger partial charge on any atom is 0.248 e. The largest absolute Gasteiger partial charge is 0.373 e. The summed E-state index contributed by atoms with van der Waals surface area (Å²) in [5.41, 5.74) is 2.11. The molecule has 0 N–H and O–H groups in total. The molecule has 1 aliphatic rings. The van der Waals surface area contributed by atoms with Gasteiger partial charge < -0.3 is 9.26 Å². The third-order valence-electron chi connectivity index (χ3n) is 4.64. The first-order valence-corrected chi connectivity index (χ1v) is 9.04. The van der Waals surface area contributed by atoms with Crippen LogP contribution in [0, 0.1) is 0 Å². The first kappa shape index (κ1) is 16.9. The van der Waals surface area contributed by atoms with Crippen molar-refractivity contribution in [1.82, 2.24) is 15.0 Å². The molecule has 5 heteroatoms. The number of ether oxygens (including phenoxy) is 1. The first-order chi connectivity index (χ1) is 12.7. The Morgan fingerprint density at radius 2 is 1.54 bits per heavy atom. The molecule has 0 unspecified atom stereocenters. The third kappa shape index (κ3) is 3.54. The Hall–Kier alpha value is -2.50. The minimum absolute atomic E-state index is 0.0741. The molecule has 0 radical (unpaired) electrons. The number of aromatic nitrogens is 2. The van der Waals surface area contributed by atoms with Gasteiger partial charge in [-0.05, 0) is 19.4 Å². The molecule has 134 valence electrons. The van der Waals surface area contributed by atoms with Crippen LogP contribution in [0.15, 0.2) is 65.2 Å². The highest BCUT2D eigenvalue weighted by Gasteiger charge is 2.33. The van der Waals surface area contributed by atoms with Crippen LogP contribution in [0.3, 0.4) is 0 Å². The van der Waals surface area contributed by atoms with Crippen molar-refractivity contribution in [3.63, 3.8) is 0 Å². The number of benzene rings is 2. The number of rotatable bonds is 4. The van der Waals surface area contributed by atoms with Crippen LogP contribution in [-0.2, 0) is 4.74 Å². The molecule has 26 heavy (non-hydrogen) atoms. The van der Waals surface area contributed by atoms with E-state index in [1.807, 2.05) is 48.5 Å². The number of hydrogen-bond acceptors (Lipinski definition) is 5. The van der Waals surface area contributed by atoms with E-state index in [1.54, 1.807) is 0 Å². The van der Waals surface area contributed by atoms with Gasteiger partial charge in [-0.1, -0.05) is 65.8 Å². The lowest BCUT2D eigenvalue weighted by atomic mass is 10.0. The Kier molecular flexibility index (Phi) is 4.82. The van der Waals surface area contributed by atoms with Crippen molar-refractivity contribution in [3.05, 3.63) is 72.1 Å². The SMILES string of the molecule is C[C@@H]1CN([C@@H](c2ccccc2)c2nc(-c3ccccc3)no2)C[C@H](C)O1. The molecule has 0 saturated carbocycles. The predicted molar refractivity (Wildman–Crippen MR) is 99.6 cm³/mol. The summed E-state index contributed by atoms with van der Waals surface area (Å²) >= 11 is 0. The molecule has 3 aromatic rings. The topological polar surface area (TPSA) is 51.4 Å². The van der Waals surface area contributed by atoms with Crippen molar-refractivity contribution < 1.29 is 9.26 Å². The average Bonchev–Trinajstić information content (AvgIpc) is 3.12. The third-order valence-corrected chi connectivity index (χ3v) is 4.64. The molecule has 0 aliphatic carbocycles. The lowest BCUT2D eigenvalue weighted by Gasteiger charge is -2.38.